The van der Waals surface area contributed by atoms with Crippen LogP contribution in [0.3, 0.4) is 0 Å². The summed E-state index contributed by atoms with van der Waals surface area (Å²) < 4.78 is 11.3. The van der Waals surface area contributed by atoms with Crippen LogP contribution < -0.4 is 5.73 Å². The van der Waals surface area contributed by atoms with Crippen molar-refractivity contribution in [2.24, 2.45) is 5.73 Å². The Bertz CT molecular complexity index is 633. The summed E-state index contributed by atoms with van der Waals surface area (Å²) in [5.41, 5.74) is 8.12. The number of nitrogens with zero attached hydrogens (tertiary/aromatic N) is 1. The van der Waals surface area contributed by atoms with Gasteiger partial charge in [-0.1, -0.05) is 60.7 Å². The van der Waals surface area contributed by atoms with Crippen LogP contribution >= 0.6 is 0 Å². The van der Waals surface area contributed by atoms with Crippen molar-refractivity contribution in [1.82, 2.24) is 4.90 Å². The molecule has 0 bridgehead atoms. The number of rotatable bonds is 12. The summed E-state index contributed by atoms with van der Waals surface area (Å²) in [6.45, 7) is 5.85. The molecule has 0 fully saturated rings. The van der Waals surface area contributed by atoms with E-state index in [-0.39, 0.29) is 18.4 Å². The second-order valence-corrected chi connectivity index (χ2v) is 6.55. The van der Waals surface area contributed by atoms with Gasteiger partial charge >= 0.3 is 0 Å². The largest absolute Gasteiger partial charge is 0.351 e. The normalized spacial score (nSPS) is 11.2. The van der Waals surface area contributed by atoms with Crippen LogP contribution in [0.2, 0.25) is 0 Å². The Hall–Kier alpha value is -2.21. The van der Waals surface area contributed by atoms with Gasteiger partial charge in [0.1, 0.15) is 0 Å². The lowest BCUT2D eigenvalue weighted by molar-refractivity contribution is -0.158. The van der Waals surface area contributed by atoms with Crippen LogP contribution in [-0.4, -0.2) is 49.9 Å². The summed E-state index contributed by atoms with van der Waals surface area (Å²) in [7, 11) is 0. The summed E-state index contributed by atoms with van der Waals surface area (Å²) in [5, 5.41) is 0. The van der Waals surface area contributed by atoms with Crippen LogP contribution in [-0.2, 0) is 14.3 Å². The zero-order valence-electron chi connectivity index (χ0n) is 16.9. The molecule has 2 N–H and O–H groups in total. The van der Waals surface area contributed by atoms with E-state index in [1.807, 2.05) is 50.2 Å². The number of benzene rings is 2. The first kappa shape index (κ1) is 22.1. The molecule has 1 amide bonds. The van der Waals surface area contributed by atoms with Gasteiger partial charge in [-0.25, -0.2) is 0 Å². The zero-order valence-corrected chi connectivity index (χ0v) is 16.9. The predicted molar refractivity (Wildman–Crippen MR) is 112 cm³/mol. The third-order valence-corrected chi connectivity index (χ3v) is 4.69. The van der Waals surface area contributed by atoms with Gasteiger partial charge in [0, 0.05) is 25.7 Å². The molecule has 0 spiro atoms. The van der Waals surface area contributed by atoms with E-state index in [1.54, 1.807) is 4.90 Å². The van der Waals surface area contributed by atoms with Crippen molar-refractivity contribution >= 4 is 5.91 Å². The zero-order chi connectivity index (χ0) is 20.2. The van der Waals surface area contributed by atoms with Gasteiger partial charge in [-0.15, -0.1) is 0 Å². The van der Waals surface area contributed by atoms with E-state index in [1.165, 1.54) is 11.1 Å². The van der Waals surface area contributed by atoms with Crippen LogP contribution in [0.15, 0.2) is 60.7 Å². The second kappa shape index (κ2) is 12.3. The van der Waals surface area contributed by atoms with Crippen molar-refractivity contribution in [2.45, 2.75) is 32.5 Å². The Balaban J connectivity index is 2.15. The molecule has 0 saturated heterocycles. The summed E-state index contributed by atoms with van der Waals surface area (Å²) >= 11 is 0. The van der Waals surface area contributed by atoms with Crippen molar-refractivity contribution in [3.8, 4) is 0 Å². The smallest absolute Gasteiger partial charge is 0.236 e. The molecule has 2 aromatic carbocycles. The van der Waals surface area contributed by atoms with E-state index in [0.717, 1.165) is 6.42 Å². The molecule has 5 heteroatoms. The average Bonchev–Trinajstić information content (AvgIpc) is 2.74. The minimum Gasteiger partial charge on any atom is -0.351 e. The molecule has 0 aromatic heterocycles. The van der Waals surface area contributed by atoms with E-state index in [2.05, 4.69) is 24.3 Å². The van der Waals surface area contributed by atoms with E-state index in [4.69, 9.17) is 15.2 Å². The maximum Gasteiger partial charge on any atom is 0.236 e. The standard InChI is InChI=1S/C23H32N2O3/c1-3-27-23(28-4-2)18-25(22(26)17-24)16-15-21(19-11-7-5-8-12-19)20-13-9-6-10-14-20/h5-14,21,23H,3-4,15-18,24H2,1-2H3. The summed E-state index contributed by atoms with van der Waals surface area (Å²) in [4.78, 5) is 14.2. The van der Waals surface area contributed by atoms with E-state index in [0.29, 0.717) is 26.3 Å². The van der Waals surface area contributed by atoms with Crippen molar-refractivity contribution in [3.05, 3.63) is 71.8 Å². The van der Waals surface area contributed by atoms with Crippen LogP contribution in [0.4, 0.5) is 0 Å². The van der Waals surface area contributed by atoms with Crippen molar-refractivity contribution < 1.29 is 14.3 Å². The molecule has 152 valence electrons. The van der Waals surface area contributed by atoms with Gasteiger partial charge in [0.2, 0.25) is 5.91 Å². The molecule has 0 aliphatic carbocycles. The highest BCUT2D eigenvalue weighted by molar-refractivity contribution is 5.78. The number of ether oxygens (including phenoxy) is 2. The van der Waals surface area contributed by atoms with Crippen molar-refractivity contribution in [2.75, 3.05) is 32.8 Å². The highest BCUT2D eigenvalue weighted by atomic mass is 16.7. The molecule has 2 rings (SSSR count). The third-order valence-electron chi connectivity index (χ3n) is 4.69. The number of carbonyl (C=O) groups excluding carboxylic acids is 1. The third kappa shape index (κ3) is 6.75. The fourth-order valence-electron chi connectivity index (χ4n) is 3.33. The fourth-order valence-corrected chi connectivity index (χ4v) is 3.33. The fraction of sp³-hybridized carbons (Fsp3) is 0.435. The minimum absolute atomic E-state index is 0.0215. The van der Waals surface area contributed by atoms with Gasteiger partial charge in [-0.3, -0.25) is 4.79 Å². The van der Waals surface area contributed by atoms with Crippen LogP contribution in [0.5, 0.6) is 0 Å². The summed E-state index contributed by atoms with van der Waals surface area (Å²) in [6, 6.07) is 20.8. The minimum atomic E-state index is -0.433. The first-order valence-electron chi connectivity index (χ1n) is 10.0. The predicted octanol–water partition coefficient (Wildman–Crippen LogP) is 3.40. The van der Waals surface area contributed by atoms with E-state index >= 15 is 0 Å². The molecule has 2 aromatic rings. The SMILES string of the molecule is CCOC(CN(CCC(c1ccccc1)c1ccccc1)C(=O)CN)OCC. The second-order valence-electron chi connectivity index (χ2n) is 6.55. The van der Waals surface area contributed by atoms with Gasteiger partial charge in [-0.05, 0) is 31.4 Å². The highest BCUT2D eigenvalue weighted by Crippen LogP contribution is 2.28. The van der Waals surface area contributed by atoms with Crippen LogP contribution in [0, 0.1) is 0 Å². The van der Waals surface area contributed by atoms with Gasteiger partial charge < -0.3 is 20.1 Å². The topological polar surface area (TPSA) is 64.8 Å². The van der Waals surface area contributed by atoms with Gasteiger partial charge in [-0.2, -0.15) is 0 Å². The lowest BCUT2D eigenvalue weighted by Crippen LogP contribution is -2.43. The molecule has 0 radical (unpaired) electrons. The van der Waals surface area contributed by atoms with Gasteiger partial charge in [0.15, 0.2) is 6.29 Å². The molecule has 0 saturated carbocycles. The summed E-state index contributed by atoms with van der Waals surface area (Å²) in [6.07, 6.45) is 0.363. The number of amides is 1. The molecule has 0 atom stereocenters. The van der Waals surface area contributed by atoms with Gasteiger partial charge in [0.05, 0.1) is 13.1 Å². The quantitative estimate of drug-likeness (QED) is 0.570. The average molecular weight is 385 g/mol. The lowest BCUT2D eigenvalue weighted by Gasteiger charge is -2.29. The Morgan fingerprint density at radius 2 is 1.43 bits per heavy atom. The molecular weight excluding hydrogens is 352 g/mol. The molecular formula is C23H32N2O3. The van der Waals surface area contributed by atoms with Crippen LogP contribution in [0.25, 0.3) is 0 Å². The Morgan fingerprint density at radius 3 is 1.86 bits per heavy atom. The molecule has 0 aliphatic heterocycles. The molecule has 0 heterocycles. The molecule has 28 heavy (non-hydrogen) atoms. The Kier molecular flexibility index (Phi) is 9.69. The maximum absolute atomic E-state index is 12.4. The van der Waals surface area contributed by atoms with E-state index < -0.39 is 6.29 Å². The molecule has 0 aliphatic rings. The van der Waals surface area contributed by atoms with Crippen molar-refractivity contribution in [3.63, 3.8) is 0 Å². The highest BCUT2D eigenvalue weighted by Gasteiger charge is 2.21. The monoisotopic (exact) mass is 384 g/mol. The lowest BCUT2D eigenvalue weighted by atomic mass is 9.88. The van der Waals surface area contributed by atoms with Crippen LogP contribution in [0.1, 0.15) is 37.3 Å². The summed E-state index contributed by atoms with van der Waals surface area (Å²) in [5.74, 6) is 0.109. The Morgan fingerprint density at radius 1 is 0.929 bits per heavy atom. The number of hydrogen-bond donors (Lipinski definition) is 1. The number of hydrogen-bond acceptors (Lipinski definition) is 4. The van der Waals surface area contributed by atoms with Crippen molar-refractivity contribution in [1.29, 1.82) is 0 Å². The van der Waals surface area contributed by atoms with Gasteiger partial charge in [0.25, 0.3) is 0 Å². The number of nitrogens with two attached hydrogens (primary N) is 1. The maximum atomic E-state index is 12.4. The van der Waals surface area contributed by atoms with E-state index in [9.17, 15) is 4.79 Å². The molecule has 5 nitrogen and oxygen atoms in total. The number of carbonyl (C=O) groups is 1. The first-order chi connectivity index (χ1) is 13.7. The molecule has 0 unspecified atom stereocenters. The first-order valence-corrected chi connectivity index (χ1v) is 10.0. The Labute approximate surface area is 168 Å².